The van der Waals surface area contributed by atoms with Gasteiger partial charge < -0.3 is 14.9 Å². The van der Waals surface area contributed by atoms with Crippen LogP contribution in [0.1, 0.15) is 29.1 Å². The van der Waals surface area contributed by atoms with Gasteiger partial charge in [0.2, 0.25) is 0 Å². The molecule has 0 amide bonds. The van der Waals surface area contributed by atoms with Crippen LogP contribution in [0.15, 0.2) is 6.20 Å². The molecule has 1 aromatic heterocycles. The minimum atomic E-state index is -1.78. The molecule has 1 atom stereocenters. The zero-order valence-electron chi connectivity index (χ0n) is 8.88. The maximum absolute atomic E-state index is 11.4. The zero-order chi connectivity index (χ0) is 12.3. The second-order valence-electron chi connectivity index (χ2n) is 3.07. The molecule has 7 nitrogen and oxygen atoms in total. The maximum atomic E-state index is 11.4. The normalized spacial score (nSPS) is 12.2. The van der Waals surface area contributed by atoms with Gasteiger partial charge in [-0.15, -0.1) is 0 Å². The van der Waals surface area contributed by atoms with Gasteiger partial charge in [0.05, 0.1) is 6.61 Å². The van der Waals surface area contributed by atoms with Crippen molar-refractivity contribution < 1.29 is 24.5 Å². The van der Waals surface area contributed by atoms with Crippen LogP contribution in [-0.4, -0.2) is 38.5 Å². The SMILES string of the molecule is CCOC(=O)c1nn(C)cc1C(O)C(=O)O. The van der Waals surface area contributed by atoms with Crippen molar-refractivity contribution in [3.8, 4) is 0 Å². The van der Waals surface area contributed by atoms with Crippen LogP contribution in [-0.2, 0) is 16.6 Å². The van der Waals surface area contributed by atoms with Gasteiger partial charge in [-0.3, -0.25) is 4.68 Å². The molecule has 1 heterocycles. The standard InChI is InChI=1S/C9H12N2O5/c1-3-16-9(15)6-5(4-11(2)10-6)7(12)8(13)14/h4,7,12H,3H2,1-2H3,(H,13,14). The fraction of sp³-hybridized carbons (Fsp3) is 0.444. The van der Waals surface area contributed by atoms with Crippen LogP contribution < -0.4 is 0 Å². The summed E-state index contributed by atoms with van der Waals surface area (Å²) < 4.78 is 5.94. The number of esters is 1. The molecule has 0 bridgehead atoms. The molecule has 0 aliphatic carbocycles. The molecular formula is C9H12N2O5. The quantitative estimate of drug-likeness (QED) is 0.687. The minimum absolute atomic E-state index is 0.0755. The summed E-state index contributed by atoms with van der Waals surface area (Å²) in [5.74, 6) is -2.20. The van der Waals surface area contributed by atoms with E-state index < -0.39 is 18.0 Å². The molecule has 1 aromatic rings. The second kappa shape index (κ2) is 4.75. The van der Waals surface area contributed by atoms with Crippen molar-refractivity contribution in [1.82, 2.24) is 9.78 Å². The summed E-state index contributed by atoms with van der Waals surface area (Å²) >= 11 is 0. The number of carboxylic acid groups (broad SMARTS) is 1. The van der Waals surface area contributed by atoms with Crippen LogP contribution in [0.25, 0.3) is 0 Å². The van der Waals surface area contributed by atoms with E-state index in [0.29, 0.717) is 0 Å². The molecule has 0 fully saturated rings. The number of carbonyl (C=O) groups is 2. The van der Waals surface area contributed by atoms with Crippen molar-refractivity contribution >= 4 is 11.9 Å². The lowest BCUT2D eigenvalue weighted by molar-refractivity contribution is -0.146. The Morgan fingerprint density at radius 2 is 2.25 bits per heavy atom. The van der Waals surface area contributed by atoms with Crippen molar-refractivity contribution in [3.05, 3.63) is 17.5 Å². The molecule has 1 rings (SSSR count). The topological polar surface area (TPSA) is 102 Å². The summed E-state index contributed by atoms with van der Waals surface area (Å²) in [4.78, 5) is 22.0. The van der Waals surface area contributed by atoms with Gasteiger partial charge in [-0.2, -0.15) is 5.10 Å². The summed E-state index contributed by atoms with van der Waals surface area (Å²) in [5, 5.41) is 21.7. The molecular weight excluding hydrogens is 216 g/mol. The van der Waals surface area contributed by atoms with Gasteiger partial charge in [-0.05, 0) is 6.92 Å². The Balaban J connectivity index is 3.09. The Hall–Kier alpha value is -1.89. The third kappa shape index (κ3) is 2.37. The van der Waals surface area contributed by atoms with Gasteiger partial charge >= 0.3 is 11.9 Å². The van der Waals surface area contributed by atoms with Crippen molar-refractivity contribution in [2.75, 3.05) is 6.61 Å². The Morgan fingerprint density at radius 1 is 1.62 bits per heavy atom. The lowest BCUT2D eigenvalue weighted by atomic mass is 10.1. The average Bonchev–Trinajstić information content (AvgIpc) is 2.59. The number of ether oxygens (including phenoxy) is 1. The number of aryl methyl sites for hydroxylation is 1. The summed E-state index contributed by atoms with van der Waals surface area (Å²) in [5.41, 5.74) is -0.257. The van der Waals surface area contributed by atoms with Gasteiger partial charge in [-0.1, -0.05) is 0 Å². The van der Waals surface area contributed by atoms with E-state index in [-0.39, 0.29) is 17.9 Å². The van der Waals surface area contributed by atoms with E-state index in [1.54, 1.807) is 6.92 Å². The van der Waals surface area contributed by atoms with E-state index >= 15 is 0 Å². The smallest absolute Gasteiger partial charge is 0.359 e. The minimum Gasteiger partial charge on any atom is -0.479 e. The number of aromatic nitrogens is 2. The highest BCUT2D eigenvalue weighted by Gasteiger charge is 2.26. The van der Waals surface area contributed by atoms with E-state index in [4.69, 9.17) is 9.84 Å². The Labute approximate surface area is 91.3 Å². The van der Waals surface area contributed by atoms with Crippen molar-refractivity contribution in [2.45, 2.75) is 13.0 Å². The zero-order valence-corrected chi connectivity index (χ0v) is 8.88. The van der Waals surface area contributed by atoms with E-state index in [2.05, 4.69) is 5.10 Å². The molecule has 0 radical (unpaired) electrons. The molecule has 0 saturated carbocycles. The molecule has 7 heteroatoms. The highest BCUT2D eigenvalue weighted by Crippen LogP contribution is 2.17. The largest absolute Gasteiger partial charge is 0.479 e. The van der Waals surface area contributed by atoms with E-state index in [9.17, 15) is 14.7 Å². The fourth-order valence-electron chi connectivity index (χ4n) is 1.20. The Bertz CT molecular complexity index is 412. The van der Waals surface area contributed by atoms with E-state index in [0.717, 1.165) is 0 Å². The lowest BCUT2D eigenvalue weighted by Crippen LogP contribution is -2.15. The van der Waals surface area contributed by atoms with Crippen LogP contribution in [0, 0.1) is 0 Å². The van der Waals surface area contributed by atoms with Crippen LogP contribution in [0.3, 0.4) is 0 Å². The monoisotopic (exact) mass is 228 g/mol. The van der Waals surface area contributed by atoms with Gasteiger partial charge in [0.15, 0.2) is 11.8 Å². The predicted molar refractivity (Wildman–Crippen MR) is 51.8 cm³/mol. The molecule has 16 heavy (non-hydrogen) atoms. The number of aliphatic hydroxyl groups excluding tert-OH is 1. The first-order valence-corrected chi connectivity index (χ1v) is 4.59. The first-order valence-electron chi connectivity index (χ1n) is 4.59. The van der Waals surface area contributed by atoms with Crippen LogP contribution >= 0.6 is 0 Å². The average molecular weight is 228 g/mol. The second-order valence-corrected chi connectivity index (χ2v) is 3.07. The maximum Gasteiger partial charge on any atom is 0.359 e. The number of carboxylic acids is 1. The van der Waals surface area contributed by atoms with Gasteiger partial charge in [0, 0.05) is 18.8 Å². The first kappa shape index (κ1) is 12.2. The summed E-state index contributed by atoms with van der Waals surface area (Å²) in [6, 6.07) is 0. The van der Waals surface area contributed by atoms with Gasteiger partial charge in [0.25, 0.3) is 0 Å². The van der Waals surface area contributed by atoms with Gasteiger partial charge in [-0.25, -0.2) is 9.59 Å². The number of aliphatic carboxylic acids is 1. The number of nitrogens with zero attached hydrogens (tertiary/aromatic N) is 2. The third-order valence-corrected chi connectivity index (χ3v) is 1.85. The molecule has 0 spiro atoms. The van der Waals surface area contributed by atoms with E-state index in [1.165, 1.54) is 17.9 Å². The van der Waals surface area contributed by atoms with Crippen molar-refractivity contribution in [2.24, 2.45) is 7.05 Å². The van der Waals surface area contributed by atoms with Crippen LogP contribution in [0.2, 0.25) is 0 Å². The molecule has 1 unspecified atom stereocenters. The number of rotatable bonds is 4. The first-order chi connectivity index (χ1) is 7.47. The Morgan fingerprint density at radius 3 is 2.75 bits per heavy atom. The number of hydrogen-bond donors (Lipinski definition) is 2. The van der Waals surface area contributed by atoms with Gasteiger partial charge in [0.1, 0.15) is 0 Å². The highest BCUT2D eigenvalue weighted by molar-refractivity contribution is 5.91. The molecule has 0 aliphatic heterocycles. The number of aliphatic hydroxyl groups is 1. The number of carbonyl (C=O) groups excluding carboxylic acids is 1. The highest BCUT2D eigenvalue weighted by atomic mass is 16.5. The molecule has 88 valence electrons. The molecule has 2 N–H and O–H groups in total. The third-order valence-electron chi connectivity index (χ3n) is 1.85. The predicted octanol–water partition coefficient (Wildman–Crippen LogP) is -0.285. The van der Waals surface area contributed by atoms with E-state index in [1.807, 2.05) is 0 Å². The Kier molecular flexibility index (Phi) is 3.62. The van der Waals surface area contributed by atoms with Crippen molar-refractivity contribution in [3.63, 3.8) is 0 Å². The molecule has 0 saturated heterocycles. The molecule has 0 aliphatic rings. The fourth-order valence-corrected chi connectivity index (χ4v) is 1.20. The summed E-state index contributed by atoms with van der Waals surface area (Å²) in [6.07, 6.45) is -0.515. The van der Waals surface area contributed by atoms with Crippen LogP contribution in [0.5, 0.6) is 0 Å². The van der Waals surface area contributed by atoms with Crippen molar-refractivity contribution in [1.29, 1.82) is 0 Å². The summed E-state index contributed by atoms with van der Waals surface area (Å²) in [7, 11) is 1.51. The molecule has 0 aromatic carbocycles. The number of hydrogen-bond acceptors (Lipinski definition) is 5. The summed E-state index contributed by atoms with van der Waals surface area (Å²) in [6.45, 7) is 1.77. The van der Waals surface area contributed by atoms with Crippen LogP contribution in [0.4, 0.5) is 0 Å². The lowest BCUT2D eigenvalue weighted by Gasteiger charge is -2.04.